The number of hydrogen-bond donors (Lipinski definition) is 2. The van der Waals surface area contributed by atoms with Crippen LogP contribution in [0.5, 0.6) is 5.75 Å². The number of ether oxygens (including phenoxy) is 1. The smallest absolute Gasteiger partial charge is 0.133 e. The number of aliphatic hydroxyl groups is 1. The van der Waals surface area contributed by atoms with Crippen LogP contribution in [-0.4, -0.2) is 55.4 Å². The molecule has 1 fully saturated rings. The van der Waals surface area contributed by atoms with Crippen molar-refractivity contribution in [2.45, 2.75) is 38.2 Å². The zero-order chi connectivity index (χ0) is 16.9. The van der Waals surface area contributed by atoms with Gasteiger partial charge < -0.3 is 20.1 Å². The zero-order valence-electron chi connectivity index (χ0n) is 14.4. The van der Waals surface area contributed by atoms with Crippen LogP contribution in [0.1, 0.15) is 38.2 Å². The number of methoxy groups -OCH3 is 1. The van der Waals surface area contributed by atoms with E-state index >= 15 is 0 Å². The van der Waals surface area contributed by atoms with E-state index in [1.54, 1.807) is 7.11 Å². The summed E-state index contributed by atoms with van der Waals surface area (Å²) < 4.78 is 6.28. The third-order valence-corrected chi connectivity index (χ3v) is 5.72. The van der Waals surface area contributed by atoms with E-state index in [1.807, 2.05) is 6.07 Å². The van der Waals surface area contributed by atoms with Crippen LogP contribution in [0, 0.1) is 0 Å². The van der Waals surface area contributed by atoms with Crippen LogP contribution in [0.3, 0.4) is 0 Å². The number of piperazine rings is 1. The Balaban J connectivity index is 2.30. The van der Waals surface area contributed by atoms with E-state index in [1.165, 1.54) is 5.56 Å². The minimum Gasteiger partial charge on any atom is -0.496 e. The van der Waals surface area contributed by atoms with Gasteiger partial charge in [0.25, 0.3) is 0 Å². The molecule has 1 aliphatic rings. The molecule has 0 radical (unpaired) electrons. The Hall–Kier alpha value is -0.620. The Labute approximate surface area is 148 Å². The van der Waals surface area contributed by atoms with Crippen LogP contribution < -0.4 is 10.1 Å². The molecular formula is C18H29BrN2O2. The summed E-state index contributed by atoms with van der Waals surface area (Å²) in [5.41, 5.74) is 0.487. The molecule has 0 aliphatic carbocycles. The molecular weight excluding hydrogens is 356 g/mol. The van der Waals surface area contributed by atoms with Crippen LogP contribution in [0.4, 0.5) is 0 Å². The zero-order valence-corrected chi connectivity index (χ0v) is 16.0. The topological polar surface area (TPSA) is 44.7 Å². The fourth-order valence-corrected chi connectivity index (χ4v) is 3.94. The molecule has 5 heteroatoms. The molecule has 0 amide bonds. The molecule has 0 spiro atoms. The summed E-state index contributed by atoms with van der Waals surface area (Å²) in [4.78, 5) is 2.45. The molecule has 0 aromatic heterocycles. The molecule has 23 heavy (non-hydrogen) atoms. The summed E-state index contributed by atoms with van der Waals surface area (Å²) in [5.74, 6) is 0.920. The molecule has 0 bridgehead atoms. The summed E-state index contributed by atoms with van der Waals surface area (Å²) in [7, 11) is 1.67. The van der Waals surface area contributed by atoms with Crippen LogP contribution in [0.2, 0.25) is 0 Å². The lowest BCUT2D eigenvalue weighted by molar-refractivity contribution is -0.00824. The van der Waals surface area contributed by atoms with Crippen LogP contribution in [0.15, 0.2) is 22.7 Å². The fraction of sp³-hybridized carbons (Fsp3) is 0.667. The largest absolute Gasteiger partial charge is 0.496 e. The summed E-state index contributed by atoms with van der Waals surface area (Å²) >= 11 is 3.58. The first-order valence-corrected chi connectivity index (χ1v) is 9.32. The Morgan fingerprint density at radius 3 is 2.48 bits per heavy atom. The predicted octanol–water partition coefficient (Wildman–Crippen LogP) is 3.00. The molecule has 1 aromatic rings. The van der Waals surface area contributed by atoms with Gasteiger partial charge in [0.1, 0.15) is 5.75 Å². The standard InChI is InChI=1S/C18H29BrN2O2/c1-4-18(22,5-2)15(13-21-10-8-20-9-11-21)14-6-7-17(23-3)16(19)12-14/h6-7,12,15,20,22H,4-5,8-11,13H2,1-3H3. The summed E-state index contributed by atoms with van der Waals surface area (Å²) in [6, 6.07) is 6.17. The van der Waals surface area contributed by atoms with Crippen molar-refractivity contribution in [3.63, 3.8) is 0 Å². The van der Waals surface area contributed by atoms with Gasteiger partial charge in [0, 0.05) is 38.6 Å². The molecule has 2 N–H and O–H groups in total. The van der Waals surface area contributed by atoms with Gasteiger partial charge in [-0.05, 0) is 46.5 Å². The van der Waals surface area contributed by atoms with E-state index in [0.717, 1.165) is 55.8 Å². The number of nitrogens with zero attached hydrogens (tertiary/aromatic N) is 1. The number of hydrogen-bond acceptors (Lipinski definition) is 4. The van der Waals surface area contributed by atoms with Gasteiger partial charge in [0.2, 0.25) is 0 Å². The second-order valence-electron chi connectivity index (χ2n) is 6.31. The predicted molar refractivity (Wildman–Crippen MR) is 98.3 cm³/mol. The molecule has 1 unspecified atom stereocenters. The van der Waals surface area contributed by atoms with Gasteiger partial charge >= 0.3 is 0 Å². The molecule has 4 nitrogen and oxygen atoms in total. The average molecular weight is 385 g/mol. The van der Waals surface area contributed by atoms with Gasteiger partial charge in [-0.3, -0.25) is 0 Å². The maximum atomic E-state index is 11.2. The first-order valence-electron chi connectivity index (χ1n) is 8.53. The van der Waals surface area contributed by atoms with Gasteiger partial charge in [0.15, 0.2) is 0 Å². The molecule has 1 aromatic carbocycles. The molecule has 1 atom stereocenters. The van der Waals surface area contributed by atoms with Crippen LogP contribution in [0.25, 0.3) is 0 Å². The van der Waals surface area contributed by atoms with Crippen molar-refractivity contribution < 1.29 is 9.84 Å². The third-order valence-electron chi connectivity index (χ3n) is 5.10. The van der Waals surface area contributed by atoms with Gasteiger partial charge in [-0.2, -0.15) is 0 Å². The minimum atomic E-state index is -0.682. The van der Waals surface area contributed by atoms with Crippen LogP contribution in [-0.2, 0) is 0 Å². The quantitative estimate of drug-likeness (QED) is 0.758. The molecule has 1 aliphatic heterocycles. The number of halogens is 1. The SMILES string of the molecule is CCC(O)(CC)C(CN1CCNCC1)c1ccc(OC)c(Br)c1. The highest BCUT2D eigenvalue weighted by atomic mass is 79.9. The molecule has 2 rings (SSSR count). The lowest BCUT2D eigenvalue weighted by atomic mass is 9.78. The van der Waals surface area contributed by atoms with E-state index in [9.17, 15) is 5.11 Å². The Morgan fingerprint density at radius 1 is 1.30 bits per heavy atom. The second-order valence-corrected chi connectivity index (χ2v) is 7.16. The number of nitrogens with one attached hydrogen (secondary N) is 1. The summed E-state index contributed by atoms with van der Waals surface area (Å²) in [6.45, 7) is 9.17. The van der Waals surface area contributed by atoms with Gasteiger partial charge in [-0.25, -0.2) is 0 Å². The Bertz CT molecular complexity index is 500. The molecule has 130 valence electrons. The minimum absolute atomic E-state index is 0.0952. The average Bonchev–Trinajstić information content (AvgIpc) is 2.60. The molecule has 1 heterocycles. The van der Waals surface area contributed by atoms with E-state index < -0.39 is 5.60 Å². The van der Waals surface area contributed by atoms with Gasteiger partial charge in [-0.15, -0.1) is 0 Å². The Morgan fingerprint density at radius 2 is 1.96 bits per heavy atom. The number of benzene rings is 1. The van der Waals surface area contributed by atoms with Crippen molar-refractivity contribution in [1.82, 2.24) is 10.2 Å². The third kappa shape index (κ3) is 4.47. The van der Waals surface area contributed by atoms with Gasteiger partial charge in [-0.1, -0.05) is 19.9 Å². The van der Waals surface area contributed by atoms with Crippen LogP contribution >= 0.6 is 15.9 Å². The Kier molecular flexibility index (Phi) is 6.89. The van der Waals surface area contributed by atoms with Crippen molar-refractivity contribution in [2.24, 2.45) is 0 Å². The lowest BCUT2D eigenvalue weighted by Gasteiger charge is -2.39. The highest BCUT2D eigenvalue weighted by molar-refractivity contribution is 9.10. The van der Waals surface area contributed by atoms with Gasteiger partial charge in [0.05, 0.1) is 17.2 Å². The monoisotopic (exact) mass is 384 g/mol. The van der Waals surface area contributed by atoms with Crippen molar-refractivity contribution in [1.29, 1.82) is 0 Å². The first-order chi connectivity index (χ1) is 11.0. The van der Waals surface area contributed by atoms with E-state index in [-0.39, 0.29) is 5.92 Å². The lowest BCUT2D eigenvalue weighted by Crippen LogP contribution is -2.48. The molecule has 0 saturated carbocycles. The summed E-state index contributed by atoms with van der Waals surface area (Å²) in [5, 5.41) is 14.6. The van der Waals surface area contributed by atoms with Crippen molar-refractivity contribution in [3.05, 3.63) is 28.2 Å². The summed E-state index contributed by atoms with van der Waals surface area (Å²) in [6.07, 6.45) is 1.51. The van der Waals surface area contributed by atoms with E-state index in [2.05, 4.69) is 52.1 Å². The second kappa shape index (κ2) is 8.47. The van der Waals surface area contributed by atoms with E-state index in [4.69, 9.17) is 4.74 Å². The first kappa shape index (κ1) is 18.7. The number of rotatable bonds is 7. The molecule has 1 saturated heterocycles. The van der Waals surface area contributed by atoms with E-state index in [0.29, 0.717) is 0 Å². The van der Waals surface area contributed by atoms with Crippen molar-refractivity contribution in [2.75, 3.05) is 39.8 Å². The fourth-order valence-electron chi connectivity index (χ4n) is 3.38. The maximum Gasteiger partial charge on any atom is 0.133 e. The normalized spacial score (nSPS) is 18.0. The highest BCUT2D eigenvalue weighted by Gasteiger charge is 2.36. The van der Waals surface area contributed by atoms with Crippen molar-refractivity contribution >= 4 is 15.9 Å². The highest BCUT2D eigenvalue weighted by Crippen LogP contribution is 2.37. The van der Waals surface area contributed by atoms with Crippen molar-refractivity contribution in [3.8, 4) is 5.75 Å². The maximum absolute atomic E-state index is 11.2.